The fraction of sp³-hybridized carbons (Fsp3) is 0.294. The number of hydrogen-bond acceptors (Lipinski definition) is 4. The Bertz CT molecular complexity index is 531. The van der Waals surface area contributed by atoms with Crippen molar-refractivity contribution in [2.24, 2.45) is 0 Å². The topological polar surface area (TPSA) is 50.7 Å². The van der Waals surface area contributed by atoms with Gasteiger partial charge < -0.3 is 19.9 Å². The molecule has 2 aromatic rings. The van der Waals surface area contributed by atoms with E-state index in [1.807, 2.05) is 54.6 Å². The Morgan fingerprint density at radius 1 is 1.05 bits per heavy atom. The standard InChI is InChI=1S/C17H21NO3/c1-20-17-10-6-5-9-16(17)18-11-15(19)13-21-12-14-7-3-2-4-8-14/h2-10,15,18-19H,11-13H2,1H3. The lowest BCUT2D eigenvalue weighted by molar-refractivity contribution is 0.0348. The molecular weight excluding hydrogens is 266 g/mol. The molecule has 1 atom stereocenters. The number of nitrogens with one attached hydrogen (secondary N) is 1. The molecule has 4 heteroatoms. The number of rotatable bonds is 8. The molecule has 2 rings (SSSR count). The van der Waals surface area contributed by atoms with Crippen LogP contribution >= 0.6 is 0 Å². The van der Waals surface area contributed by atoms with Crippen molar-refractivity contribution in [3.8, 4) is 5.75 Å². The van der Waals surface area contributed by atoms with Gasteiger partial charge in [0.1, 0.15) is 5.75 Å². The summed E-state index contributed by atoms with van der Waals surface area (Å²) in [6.07, 6.45) is -0.571. The fourth-order valence-electron chi connectivity index (χ4n) is 1.96. The van der Waals surface area contributed by atoms with E-state index >= 15 is 0 Å². The lowest BCUT2D eigenvalue weighted by atomic mass is 10.2. The van der Waals surface area contributed by atoms with E-state index in [1.165, 1.54) is 0 Å². The van der Waals surface area contributed by atoms with Crippen LogP contribution in [-0.2, 0) is 11.3 Å². The van der Waals surface area contributed by atoms with Gasteiger partial charge in [0.2, 0.25) is 0 Å². The van der Waals surface area contributed by atoms with Gasteiger partial charge in [-0.3, -0.25) is 0 Å². The predicted molar refractivity (Wildman–Crippen MR) is 83.6 cm³/mol. The quantitative estimate of drug-likeness (QED) is 0.784. The molecule has 0 fully saturated rings. The largest absolute Gasteiger partial charge is 0.495 e. The highest BCUT2D eigenvalue weighted by Gasteiger charge is 2.06. The molecule has 112 valence electrons. The molecule has 0 aliphatic carbocycles. The number of ether oxygens (including phenoxy) is 2. The summed E-state index contributed by atoms with van der Waals surface area (Å²) in [4.78, 5) is 0. The van der Waals surface area contributed by atoms with E-state index in [-0.39, 0.29) is 6.61 Å². The first kappa shape index (κ1) is 15.4. The number of anilines is 1. The van der Waals surface area contributed by atoms with Gasteiger partial charge in [-0.25, -0.2) is 0 Å². The smallest absolute Gasteiger partial charge is 0.141 e. The molecule has 0 heterocycles. The van der Waals surface area contributed by atoms with E-state index in [9.17, 15) is 5.11 Å². The van der Waals surface area contributed by atoms with Crippen molar-refractivity contribution >= 4 is 5.69 Å². The Morgan fingerprint density at radius 2 is 1.76 bits per heavy atom. The van der Waals surface area contributed by atoms with Crippen LogP contribution in [0.3, 0.4) is 0 Å². The van der Waals surface area contributed by atoms with E-state index in [0.717, 1.165) is 17.0 Å². The summed E-state index contributed by atoms with van der Waals surface area (Å²) in [5.41, 5.74) is 1.96. The van der Waals surface area contributed by atoms with E-state index in [1.54, 1.807) is 7.11 Å². The lowest BCUT2D eigenvalue weighted by Gasteiger charge is -2.15. The summed E-state index contributed by atoms with van der Waals surface area (Å²) in [5.74, 6) is 0.759. The molecule has 2 aromatic carbocycles. The summed E-state index contributed by atoms with van der Waals surface area (Å²) in [6.45, 7) is 1.21. The highest BCUT2D eigenvalue weighted by atomic mass is 16.5. The summed E-state index contributed by atoms with van der Waals surface area (Å²) < 4.78 is 10.7. The van der Waals surface area contributed by atoms with E-state index in [4.69, 9.17) is 9.47 Å². The number of methoxy groups -OCH3 is 1. The number of benzene rings is 2. The normalized spacial score (nSPS) is 11.9. The van der Waals surface area contributed by atoms with Gasteiger partial charge in [-0.1, -0.05) is 42.5 Å². The minimum absolute atomic E-state index is 0.289. The van der Waals surface area contributed by atoms with Crippen LogP contribution < -0.4 is 10.1 Å². The molecule has 0 amide bonds. The maximum atomic E-state index is 9.92. The number of aliphatic hydroxyl groups excluding tert-OH is 1. The van der Waals surface area contributed by atoms with Gasteiger partial charge in [-0.2, -0.15) is 0 Å². The third-order valence-electron chi connectivity index (χ3n) is 3.06. The van der Waals surface area contributed by atoms with Crippen LogP contribution in [0, 0.1) is 0 Å². The number of aliphatic hydroxyl groups is 1. The SMILES string of the molecule is COc1ccccc1NCC(O)COCc1ccccc1. The molecule has 0 saturated heterocycles. The van der Waals surface area contributed by atoms with Gasteiger partial charge in [0.25, 0.3) is 0 Å². The van der Waals surface area contributed by atoms with Gasteiger partial charge in [-0.05, 0) is 17.7 Å². The Balaban J connectivity index is 1.71. The molecule has 1 unspecified atom stereocenters. The second-order valence-electron chi connectivity index (χ2n) is 4.74. The van der Waals surface area contributed by atoms with Crippen LogP contribution in [0.1, 0.15) is 5.56 Å². The van der Waals surface area contributed by atoms with Gasteiger partial charge in [-0.15, -0.1) is 0 Å². The van der Waals surface area contributed by atoms with Crippen molar-refractivity contribution in [3.63, 3.8) is 0 Å². The van der Waals surface area contributed by atoms with Crippen molar-refractivity contribution < 1.29 is 14.6 Å². The third kappa shape index (κ3) is 5.10. The summed E-state index contributed by atoms with van der Waals surface area (Å²) in [7, 11) is 1.62. The monoisotopic (exact) mass is 287 g/mol. The molecule has 0 saturated carbocycles. The first-order chi connectivity index (χ1) is 10.3. The molecule has 0 aliphatic heterocycles. The molecule has 2 N–H and O–H groups in total. The molecule has 0 spiro atoms. The fourth-order valence-corrected chi connectivity index (χ4v) is 1.96. The van der Waals surface area contributed by atoms with Crippen LogP contribution in [0.2, 0.25) is 0 Å². The second kappa shape index (κ2) is 8.29. The second-order valence-corrected chi connectivity index (χ2v) is 4.74. The molecule has 21 heavy (non-hydrogen) atoms. The van der Waals surface area contributed by atoms with Gasteiger partial charge in [0.05, 0.1) is 32.1 Å². The molecule has 0 aromatic heterocycles. The van der Waals surface area contributed by atoms with Crippen LogP contribution in [0.25, 0.3) is 0 Å². The Hall–Kier alpha value is -2.04. The summed E-state index contributed by atoms with van der Waals surface area (Å²) in [5, 5.41) is 13.1. The zero-order valence-electron chi connectivity index (χ0n) is 12.2. The number of hydrogen-bond donors (Lipinski definition) is 2. The molecule has 4 nitrogen and oxygen atoms in total. The van der Waals surface area contributed by atoms with Crippen LogP contribution in [0.15, 0.2) is 54.6 Å². The highest BCUT2D eigenvalue weighted by molar-refractivity contribution is 5.56. The Labute approximate surface area is 125 Å². The van der Waals surface area contributed by atoms with Crippen LogP contribution in [0.4, 0.5) is 5.69 Å². The van der Waals surface area contributed by atoms with Crippen LogP contribution in [0.5, 0.6) is 5.75 Å². The average molecular weight is 287 g/mol. The summed E-state index contributed by atoms with van der Waals surface area (Å²) >= 11 is 0. The minimum Gasteiger partial charge on any atom is -0.495 e. The van der Waals surface area contributed by atoms with Crippen molar-refractivity contribution in [1.82, 2.24) is 0 Å². The molecule has 0 bridgehead atoms. The van der Waals surface area contributed by atoms with E-state index in [2.05, 4.69) is 5.32 Å². The van der Waals surface area contributed by atoms with E-state index < -0.39 is 6.10 Å². The number of para-hydroxylation sites is 2. The van der Waals surface area contributed by atoms with Gasteiger partial charge in [0.15, 0.2) is 0 Å². The summed E-state index contributed by atoms with van der Waals surface area (Å²) in [6, 6.07) is 17.5. The Morgan fingerprint density at radius 3 is 2.52 bits per heavy atom. The van der Waals surface area contributed by atoms with Gasteiger partial charge in [0, 0.05) is 6.54 Å². The minimum atomic E-state index is -0.571. The maximum Gasteiger partial charge on any atom is 0.141 e. The van der Waals surface area contributed by atoms with Gasteiger partial charge >= 0.3 is 0 Å². The first-order valence-electron chi connectivity index (χ1n) is 6.96. The van der Waals surface area contributed by atoms with Crippen molar-refractivity contribution in [2.45, 2.75) is 12.7 Å². The van der Waals surface area contributed by atoms with Crippen molar-refractivity contribution in [2.75, 3.05) is 25.6 Å². The Kier molecular flexibility index (Phi) is 6.06. The zero-order chi connectivity index (χ0) is 14.9. The maximum absolute atomic E-state index is 9.92. The first-order valence-corrected chi connectivity index (χ1v) is 6.96. The molecule has 0 aliphatic rings. The zero-order valence-corrected chi connectivity index (χ0v) is 12.2. The molecule has 0 radical (unpaired) electrons. The average Bonchev–Trinajstić information content (AvgIpc) is 2.54. The highest BCUT2D eigenvalue weighted by Crippen LogP contribution is 2.22. The third-order valence-corrected chi connectivity index (χ3v) is 3.06. The predicted octanol–water partition coefficient (Wildman–Crippen LogP) is 2.68. The molecular formula is C17H21NO3. The van der Waals surface area contributed by atoms with Crippen molar-refractivity contribution in [1.29, 1.82) is 0 Å². The van der Waals surface area contributed by atoms with E-state index in [0.29, 0.717) is 13.2 Å². The lowest BCUT2D eigenvalue weighted by Crippen LogP contribution is -2.24. The van der Waals surface area contributed by atoms with Crippen LogP contribution in [-0.4, -0.2) is 31.5 Å². The van der Waals surface area contributed by atoms with Crippen molar-refractivity contribution in [3.05, 3.63) is 60.2 Å².